The van der Waals surface area contributed by atoms with E-state index in [-0.39, 0.29) is 11.5 Å². The third-order valence-electron chi connectivity index (χ3n) is 4.25. The Bertz CT molecular complexity index is 542. The van der Waals surface area contributed by atoms with Gasteiger partial charge in [0.15, 0.2) is 5.78 Å². The molecule has 0 N–H and O–H groups in total. The van der Waals surface area contributed by atoms with E-state index in [2.05, 4.69) is 18.7 Å². The molecule has 20 heavy (non-hydrogen) atoms. The monoisotopic (exact) mass is 276 g/mol. The molecule has 0 spiro atoms. The zero-order chi connectivity index (χ0) is 14.9. The summed E-state index contributed by atoms with van der Waals surface area (Å²) in [6, 6.07) is 4.77. The maximum absolute atomic E-state index is 11.4. The van der Waals surface area contributed by atoms with Gasteiger partial charge in [0.1, 0.15) is 5.69 Å². The molecule has 1 fully saturated rings. The summed E-state index contributed by atoms with van der Waals surface area (Å²) in [4.78, 5) is 24.3. The predicted molar refractivity (Wildman–Crippen MR) is 78.3 cm³/mol. The van der Waals surface area contributed by atoms with Crippen molar-refractivity contribution >= 4 is 17.2 Å². The van der Waals surface area contributed by atoms with Crippen molar-refractivity contribution in [3.8, 4) is 0 Å². The number of carbonyl (C=O) groups excluding carboxylic acids is 1. The van der Waals surface area contributed by atoms with Crippen molar-refractivity contribution in [3.05, 3.63) is 33.9 Å². The van der Waals surface area contributed by atoms with Crippen molar-refractivity contribution in [3.63, 3.8) is 0 Å². The van der Waals surface area contributed by atoms with E-state index in [1.54, 1.807) is 12.1 Å². The molecule has 1 aliphatic rings. The smallest absolute Gasteiger partial charge is 0.293 e. The minimum absolute atomic E-state index is 0.0273. The fourth-order valence-electron chi connectivity index (χ4n) is 2.64. The average molecular weight is 276 g/mol. The van der Waals surface area contributed by atoms with Crippen molar-refractivity contribution in [2.24, 2.45) is 11.8 Å². The Kier molecular flexibility index (Phi) is 4.06. The Balaban J connectivity index is 2.36. The topological polar surface area (TPSA) is 63.5 Å². The van der Waals surface area contributed by atoms with Crippen LogP contribution in [-0.4, -0.2) is 23.8 Å². The Morgan fingerprint density at radius 2 is 2.05 bits per heavy atom. The highest BCUT2D eigenvalue weighted by Crippen LogP contribution is 2.34. The lowest BCUT2D eigenvalue weighted by atomic mass is 9.88. The number of anilines is 1. The van der Waals surface area contributed by atoms with Crippen LogP contribution >= 0.6 is 0 Å². The molecule has 0 aromatic heterocycles. The number of carbonyl (C=O) groups is 1. The first-order valence-corrected chi connectivity index (χ1v) is 6.94. The molecule has 0 amide bonds. The van der Waals surface area contributed by atoms with Crippen LogP contribution in [0.25, 0.3) is 0 Å². The highest BCUT2D eigenvalue weighted by Gasteiger charge is 2.27. The third-order valence-corrected chi connectivity index (χ3v) is 4.25. The van der Waals surface area contributed by atoms with Gasteiger partial charge < -0.3 is 4.90 Å². The highest BCUT2D eigenvalue weighted by molar-refractivity contribution is 5.95. The maximum atomic E-state index is 11.4. The lowest BCUT2D eigenvalue weighted by Crippen LogP contribution is -2.38. The summed E-state index contributed by atoms with van der Waals surface area (Å²) in [6.07, 6.45) is 1.03. The SMILES string of the molecule is CC(=O)c1ccc(N2CCC(C)C(C)C2)c([N+](=O)[O-])c1. The number of nitrogens with zero attached hydrogens (tertiary/aromatic N) is 2. The van der Waals surface area contributed by atoms with Gasteiger partial charge in [0.05, 0.1) is 4.92 Å². The van der Waals surface area contributed by atoms with Gasteiger partial charge in [-0.25, -0.2) is 0 Å². The van der Waals surface area contributed by atoms with Gasteiger partial charge in [0.25, 0.3) is 5.69 Å². The van der Waals surface area contributed by atoms with Gasteiger partial charge in [-0.15, -0.1) is 0 Å². The maximum Gasteiger partial charge on any atom is 0.293 e. The van der Waals surface area contributed by atoms with Crippen LogP contribution in [0.1, 0.15) is 37.6 Å². The molecule has 5 heteroatoms. The Morgan fingerprint density at radius 1 is 1.35 bits per heavy atom. The number of nitro groups is 1. The van der Waals surface area contributed by atoms with E-state index in [1.807, 2.05) is 0 Å². The average Bonchev–Trinajstić information content (AvgIpc) is 2.41. The van der Waals surface area contributed by atoms with Crippen LogP contribution in [0.4, 0.5) is 11.4 Å². The number of Topliss-reactive ketones (excluding diaryl/α,β-unsaturated/α-hetero) is 1. The van der Waals surface area contributed by atoms with Crippen LogP contribution in [0.3, 0.4) is 0 Å². The van der Waals surface area contributed by atoms with Crippen molar-refractivity contribution in [2.45, 2.75) is 27.2 Å². The molecule has 5 nitrogen and oxygen atoms in total. The van der Waals surface area contributed by atoms with Gasteiger partial charge in [-0.2, -0.15) is 0 Å². The highest BCUT2D eigenvalue weighted by atomic mass is 16.6. The fourth-order valence-corrected chi connectivity index (χ4v) is 2.64. The lowest BCUT2D eigenvalue weighted by Gasteiger charge is -2.36. The van der Waals surface area contributed by atoms with Crippen molar-refractivity contribution in [1.29, 1.82) is 0 Å². The van der Waals surface area contributed by atoms with Crippen LogP contribution in [0.2, 0.25) is 0 Å². The lowest BCUT2D eigenvalue weighted by molar-refractivity contribution is -0.384. The predicted octanol–water partition coefficient (Wildman–Crippen LogP) is 3.28. The Morgan fingerprint density at radius 3 is 2.60 bits per heavy atom. The molecule has 1 aliphatic heterocycles. The van der Waals surface area contributed by atoms with E-state index in [4.69, 9.17) is 0 Å². The molecule has 0 saturated carbocycles. The van der Waals surface area contributed by atoms with Crippen LogP contribution in [-0.2, 0) is 0 Å². The van der Waals surface area contributed by atoms with Crippen molar-refractivity contribution in [2.75, 3.05) is 18.0 Å². The second-order valence-corrected chi connectivity index (χ2v) is 5.71. The van der Waals surface area contributed by atoms with E-state index in [1.165, 1.54) is 13.0 Å². The number of benzene rings is 1. The molecule has 108 valence electrons. The van der Waals surface area contributed by atoms with Crippen LogP contribution in [0, 0.1) is 22.0 Å². The molecule has 0 bridgehead atoms. The molecule has 2 rings (SSSR count). The third kappa shape index (κ3) is 2.81. The molecular weight excluding hydrogens is 256 g/mol. The van der Waals surface area contributed by atoms with E-state index in [0.29, 0.717) is 23.1 Å². The summed E-state index contributed by atoms with van der Waals surface area (Å²) in [5.74, 6) is 0.998. The molecule has 1 aromatic carbocycles. The van der Waals surface area contributed by atoms with E-state index in [0.717, 1.165) is 19.5 Å². The molecule has 1 heterocycles. The summed E-state index contributed by atoms with van der Waals surface area (Å²) in [6.45, 7) is 7.46. The largest absolute Gasteiger partial charge is 0.366 e. The van der Waals surface area contributed by atoms with Crippen molar-refractivity contribution < 1.29 is 9.72 Å². The van der Waals surface area contributed by atoms with Crippen LogP contribution < -0.4 is 4.90 Å². The van der Waals surface area contributed by atoms with Crippen LogP contribution in [0.5, 0.6) is 0 Å². The Labute approximate surface area is 118 Å². The summed E-state index contributed by atoms with van der Waals surface area (Å²) < 4.78 is 0. The molecular formula is C15H20N2O3. The van der Waals surface area contributed by atoms with Gasteiger partial charge in [-0.3, -0.25) is 14.9 Å². The zero-order valence-electron chi connectivity index (χ0n) is 12.1. The normalized spacial score (nSPS) is 22.6. The summed E-state index contributed by atoms with van der Waals surface area (Å²) >= 11 is 0. The van der Waals surface area contributed by atoms with Crippen molar-refractivity contribution in [1.82, 2.24) is 0 Å². The van der Waals surface area contributed by atoms with Gasteiger partial charge in [-0.05, 0) is 37.3 Å². The second-order valence-electron chi connectivity index (χ2n) is 5.71. The number of nitro benzene ring substituents is 1. The van der Waals surface area contributed by atoms with Gasteiger partial charge in [-0.1, -0.05) is 13.8 Å². The molecule has 0 aliphatic carbocycles. The Hall–Kier alpha value is -1.91. The first-order chi connectivity index (χ1) is 9.40. The molecule has 2 unspecified atom stereocenters. The van der Waals surface area contributed by atoms with Crippen LogP contribution in [0.15, 0.2) is 18.2 Å². The minimum atomic E-state index is -0.398. The first kappa shape index (κ1) is 14.5. The van der Waals surface area contributed by atoms with E-state index < -0.39 is 4.92 Å². The van der Waals surface area contributed by atoms with Gasteiger partial charge in [0.2, 0.25) is 0 Å². The summed E-state index contributed by atoms with van der Waals surface area (Å²) in [5, 5.41) is 11.3. The molecule has 1 saturated heterocycles. The molecule has 1 aromatic rings. The minimum Gasteiger partial charge on any atom is -0.366 e. The standard InChI is InChI=1S/C15H20N2O3/c1-10-6-7-16(9-11(10)2)14-5-4-13(12(3)18)8-15(14)17(19)20/h4-5,8,10-11H,6-7,9H2,1-3H3. The summed E-state index contributed by atoms with van der Waals surface area (Å²) in [7, 11) is 0. The summed E-state index contributed by atoms with van der Waals surface area (Å²) in [5.41, 5.74) is 1.04. The van der Waals surface area contributed by atoms with Gasteiger partial charge in [0, 0.05) is 24.7 Å². The number of hydrogen-bond donors (Lipinski definition) is 0. The molecule has 0 radical (unpaired) electrons. The number of rotatable bonds is 3. The number of ketones is 1. The van der Waals surface area contributed by atoms with E-state index >= 15 is 0 Å². The number of hydrogen-bond acceptors (Lipinski definition) is 4. The zero-order valence-corrected chi connectivity index (χ0v) is 12.1. The number of piperidine rings is 1. The fraction of sp³-hybridized carbons (Fsp3) is 0.533. The quantitative estimate of drug-likeness (QED) is 0.483. The van der Waals surface area contributed by atoms with E-state index in [9.17, 15) is 14.9 Å². The van der Waals surface area contributed by atoms with Gasteiger partial charge >= 0.3 is 0 Å². The molecule has 2 atom stereocenters. The first-order valence-electron chi connectivity index (χ1n) is 6.94. The second kappa shape index (κ2) is 5.61.